The molecule has 66 valence electrons. The van der Waals surface area contributed by atoms with Gasteiger partial charge in [0.2, 0.25) is 0 Å². The van der Waals surface area contributed by atoms with Crippen molar-refractivity contribution in [3.63, 3.8) is 0 Å². The molecule has 0 spiro atoms. The minimum atomic E-state index is -0.505. The Balaban J connectivity index is 3.02. The minimum absolute atomic E-state index is 0.485. The molecule has 0 bridgehead atoms. The summed E-state index contributed by atoms with van der Waals surface area (Å²) >= 11 is 3.22. The highest BCUT2D eigenvalue weighted by atomic mass is 79.9. The molecule has 0 saturated carbocycles. The van der Waals surface area contributed by atoms with E-state index >= 15 is 0 Å². The first kappa shape index (κ1) is 9.68. The number of halogens is 2. The van der Waals surface area contributed by atoms with Crippen LogP contribution in [0.1, 0.15) is 24.2 Å². The van der Waals surface area contributed by atoms with Crippen molar-refractivity contribution >= 4 is 15.9 Å². The van der Waals surface area contributed by atoms with Crippen LogP contribution in [0.3, 0.4) is 0 Å². The molecule has 0 fully saturated rings. The van der Waals surface area contributed by atoms with E-state index < -0.39 is 12.8 Å². The van der Waals surface area contributed by atoms with E-state index in [1.807, 2.05) is 0 Å². The SMILES string of the molecule is CC(O)c1ccc(CF)c(Br)c1. The Bertz CT molecular complexity index is 273. The van der Waals surface area contributed by atoms with E-state index in [1.54, 1.807) is 25.1 Å². The fourth-order valence-electron chi connectivity index (χ4n) is 0.932. The van der Waals surface area contributed by atoms with Crippen molar-refractivity contribution in [1.29, 1.82) is 0 Å². The average molecular weight is 233 g/mol. The summed E-state index contributed by atoms with van der Waals surface area (Å²) in [7, 11) is 0. The van der Waals surface area contributed by atoms with Crippen molar-refractivity contribution in [3.05, 3.63) is 33.8 Å². The molecule has 0 aliphatic carbocycles. The van der Waals surface area contributed by atoms with Crippen LogP contribution in [-0.4, -0.2) is 5.11 Å². The maximum Gasteiger partial charge on any atom is 0.116 e. The number of aliphatic hydroxyl groups excluding tert-OH is 1. The Morgan fingerprint density at radius 2 is 2.25 bits per heavy atom. The second-order valence-electron chi connectivity index (χ2n) is 2.66. The molecule has 1 aromatic carbocycles. The zero-order valence-corrected chi connectivity index (χ0v) is 8.31. The molecule has 1 rings (SSSR count). The predicted octanol–water partition coefficient (Wildman–Crippen LogP) is 2.97. The number of benzene rings is 1. The fraction of sp³-hybridized carbons (Fsp3) is 0.333. The quantitative estimate of drug-likeness (QED) is 0.832. The largest absolute Gasteiger partial charge is 0.389 e. The van der Waals surface area contributed by atoms with E-state index in [1.165, 1.54) is 0 Å². The molecule has 0 radical (unpaired) electrons. The van der Waals surface area contributed by atoms with Gasteiger partial charge in [-0.1, -0.05) is 28.1 Å². The van der Waals surface area contributed by atoms with Crippen LogP contribution in [0.2, 0.25) is 0 Å². The highest BCUT2D eigenvalue weighted by molar-refractivity contribution is 9.10. The topological polar surface area (TPSA) is 20.2 Å². The Labute approximate surface area is 79.4 Å². The van der Waals surface area contributed by atoms with Gasteiger partial charge in [0.1, 0.15) is 6.67 Å². The Morgan fingerprint density at radius 3 is 2.67 bits per heavy atom. The molecule has 1 N–H and O–H groups in total. The maximum atomic E-state index is 12.2. The monoisotopic (exact) mass is 232 g/mol. The van der Waals surface area contributed by atoms with E-state index in [0.29, 0.717) is 10.0 Å². The van der Waals surface area contributed by atoms with Gasteiger partial charge in [-0.15, -0.1) is 0 Å². The standard InChI is InChI=1S/C9H10BrFO/c1-6(12)7-2-3-8(5-11)9(10)4-7/h2-4,6,12H,5H2,1H3. The summed E-state index contributed by atoms with van der Waals surface area (Å²) in [4.78, 5) is 0. The van der Waals surface area contributed by atoms with Crippen LogP contribution >= 0.6 is 15.9 Å². The van der Waals surface area contributed by atoms with Gasteiger partial charge in [-0.05, 0) is 24.1 Å². The summed E-state index contributed by atoms with van der Waals surface area (Å²) in [6.07, 6.45) is -0.505. The van der Waals surface area contributed by atoms with Gasteiger partial charge >= 0.3 is 0 Å². The van der Waals surface area contributed by atoms with Crippen molar-refractivity contribution in [1.82, 2.24) is 0 Å². The summed E-state index contributed by atoms with van der Waals surface area (Å²) in [5.74, 6) is 0. The zero-order chi connectivity index (χ0) is 9.14. The molecule has 1 atom stereocenters. The lowest BCUT2D eigenvalue weighted by Crippen LogP contribution is -1.92. The number of alkyl halides is 1. The molecule has 3 heteroatoms. The van der Waals surface area contributed by atoms with Gasteiger partial charge in [0.05, 0.1) is 6.10 Å². The van der Waals surface area contributed by atoms with Crippen LogP contribution in [0.15, 0.2) is 22.7 Å². The van der Waals surface area contributed by atoms with Crippen molar-refractivity contribution in [2.75, 3.05) is 0 Å². The third kappa shape index (κ3) is 2.05. The normalized spacial score (nSPS) is 13.0. The van der Waals surface area contributed by atoms with E-state index in [-0.39, 0.29) is 0 Å². The van der Waals surface area contributed by atoms with Crippen LogP contribution < -0.4 is 0 Å². The first-order chi connectivity index (χ1) is 5.65. The second kappa shape index (κ2) is 4.01. The van der Waals surface area contributed by atoms with Gasteiger partial charge in [-0.25, -0.2) is 4.39 Å². The third-order valence-corrected chi connectivity index (χ3v) is 2.44. The summed E-state index contributed by atoms with van der Waals surface area (Å²) < 4.78 is 12.9. The van der Waals surface area contributed by atoms with Crippen molar-refractivity contribution < 1.29 is 9.50 Å². The molecule has 0 aromatic heterocycles. The van der Waals surface area contributed by atoms with Crippen molar-refractivity contribution in [2.24, 2.45) is 0 Å². The number of aliphatic hydroxyl groups is 1. The first-order valence-corrected chi connectivity index (χ1v) is 4.47. The molecule has 0 saturated heterocycles. The van der Waals surface area contributed by atoms with E-state index in [0.717, 1.165) is 5.56 Å². The van der Waals surface area contributed by atoms with Crippen LogP contribution in [0.25, 0.3) is 0 Å². The Kier molecular flexibility index (Phi) is 3.23. The lowest BCUT2D eigenvalue weighted by atomic mass is 10.1. The van der Waals surface area contributed by atoms with Crippen molar-refractivity contribution in [2.45, 2.75) is 19.7 Å². The molecule has 0 heterocycles. The van der Waals surface area contributed by atoms with Gasteiger partial charge in [-0.3, -0.25) is 0 Å². The molecule has 12 heavy (non-hydrogen) atoms. The van der Waals surface area contributed by atoms with Crippen LogP contribution in [0.5, 0.6) is 0 Å². The Hall–Kier alpha value is -0.410. The molecule has 0 aliphatic heterocycles. The first-order valence-electron chi connectivity index (χ1n) is 3.67. The van der Waals surface area contributed by atoms with Gasteiger partial charge < -0.3 is 5.11 Å². The van der Waals surface area contributed by atoms with Crippen LogP contribution in [0, 0.1) is 0 Å². The van der Waals surface area contributed by atoms with Crippen LogP contribution in [-0.2, 0) is 6.67 Å². The highest BCUT2D eigenvalue weighted by Gasteiger charge is 2.04. The molecule has 0 amide bonds. The number of hydrogen-bond acceptors (Lipinski definition) is 1. The van der Waals surface area contributed by atoms with Gasteiger partial charge in [0, 0.05) is 4.47 Å². The van der Waals surface area contributed by atoms with E-state index in [4.69, 9.17) is 0 Å². The third-order valence-electron chi connectivity index (χ3n) is 1.70. The van der Waals surface area contributed by atoms with Crippen LogP contribution in [0.4, 0.5) is 4.39 Å². The van der Waals surface area contributed by atoms with Gasteiger partial charge in [0.25, 0.3) is 0 Å². The molecule has 0 aliphatic rings. The minimum Gasteiger partial charge on any atom is -0.389 e. The molecular formula is C9H10BrFO. The van der Waals surface area contributed by atoms with E-state index in [9.17, 15) is 9.50 Å². The Morgan fingerprint density at radius 1 is 1.58 bits per heavy atom. The predicted molar refractivity (Wildman–Crippen MR) is 49.6 cm³/mol. The molecule has 1 nitrogen and oxygen atoms in total. The lowest BCUT2D eigenvalue weighted by Gasteiger charge is -2.06. The summed E-state index contributed by atoms with van der Waals surface area (Å²) in [6, 6.07) is 5.13. The summed E-state index contributed by atoms with van der Waals surface area (Å²) in [6.45, 7) is 1.19. The highest BCUT2D eigenvalue weighted by Crippen LogP contribution is 2.22. The van der Waals surface area contributed by atoms with Gasteiger partial charge in [-0.2, -0.15) is 0 Å². The molecule has 1 aromatic rings. The molecule has 1 unspecified atom stereocenters. The number of rotatable bonds is 2. The van der Waals surface area contributed by atoms with Crippen molar-refractivity contribution in [3.8, 4) is 0 Å². The summed E-state index contributed by atoms with van der Waals surface area (Å²) in [5.41, 5.74) is 1.40. The zero-order valence-electron chi connectivity index (χ0n) is 6.72. The summed E-state index contributed by atoms with van der Waals surface area (Å²) in [5, 5.41) is 9.20. The average Bonchev–Trinajstić information content (AvgIpc) is 2.04. The van der Waals surface area contributed by atoms with Gasteiger partial charge in [0.15, 0.2) is 0 Å². The maximum absolute atomic E-state index is 12.2. The fourth-order valence-corrected chi connectivity index (χ4v) is 1.43. The number of hydrogen-bond donors (Lipinski definition) is 1. The smallest absolute Gasteiger partial charge is 0.116 e. The van der Waals surface area contributed by atoms with E-state index in [2.05, 4.69) is 15.9 Å². The lowest BCUT2D eigenvalue weighted by molar-refractivity contribution is 0.199. The second-order valence-corrected chi connectivity index (χ2v) is 3.51. The molecular weight excluding hydrogens is 223 g/mol.